The van der Waals surface area contributed by atoms with Gasteiger partial charge in [-0.1, -0.05) is 24.3 Å². The Morgan fingerprint density at radius 1 is 1.03 bits per heavy atom. The van der Waals surface area contributed by atoms with E-state index >= 15 is 0 Å². The van der Waals surface area contributed by atoms with E-state index in [0.717, 1.165) is 17.3 Å². The normalized spacial score (nSPS) is 18.6. The molecule has 6 nitrogen and oxygen atoms in total. The summed E-state index contributed by atoms with van der Waals surface area (Å²) in [6.07, 6.45) is 1.16. The Bertz CT molecular complexity index is 1220. The quantitative estimate of drug-likeness (QED) is 0.565. The van der Waals surface area contributed by atoms with Crippen molar-refractivity contribution in [2.45, 2.75) is 38.8 Å². The van der Waals surface area contributed by atoms with Gasteiger partial charge in [0, 0.05) is 18.7 Å². The Hall–Kier alpha value is -2.91. The molecule has 2 atom stereocenters. The van der Waals surface area contributed by atoms with Crippen LogP contribution >= 0.6 is 0 Å². The third-order valence-corrected chi connectivity index (χ3v) is 7.32. The summed E-state index contributed by atoms with van der Waals surface area (Å²) in [5.41, 5.74) is 2.86. The molecule has 0 spiro atoms. The van der Waals surface area contributed by atoms with Crippen LogP contribution in [-0.2, 0) is 16.4 Å². The van der Waals surface area contributed by atoms with E-state index in [0.29, 0.717) is 36.3 Å². The van der Waals surface area contributed by atoms with E-state index in [1.54, 1.807) is 13.0 Å². The van der Waals surface area contributed by atoms with Crippen LogP contribution in [0.2, 0.25) is 0 Å². The molecule has 9 heteroatoms. The molecule has 1 N–H and O–H groups in total. The number of nitrogens with one attached hydrogen (secondary N) is 1. The minimum atomic E-state index is -3.40. The third-order valence-electron chi connectivity index (χ3n) is 5.90. The zero-order valence-corrected chi connectivity index (χ0v) is 19.3. The minimum absolute atomic E-state index is 0.00117. The second-order valence-electron chi connectivity index (χ2n) is 8.27. The number of anilines is 1. The molecule has 1 aliphatic heterocycles. The molecule has 2 aromatic carbocycles. The first-order valence-electron chi connectivity index (χ1n) is 10.9. The van der Waals surface area contributed by atoms with Crippen LogP contribution in [0.5, 0.6) is 0 Å². The zero-order valence-electron chi connectivity index (χ0n) is 18.5. The SMILES string of the molecule is CCS(=O)(=O)N[C@H]1CCN(c2ccc(C)nn2)[C@H]1Cc1cccc(-c2cc(F)cc(F)c2)c1. The molecule has 4 rings (SSSR count). The fraction of sp³-hybridized carbons (Fsp3) is 0.333. The van der Waals surface area contributed by atoms with Gasteiger partial charge >= 0.3 is 0 Å². The first-order valence-corrected chi connectivity index (χ1v) is 12.5. The van der Waals surface area contributed by atoms with Gasteiger partial charge < -0.3 is 4.90 Å². The highest BCUT2D eigenvalue weighted by atomic mass is 32.2. The van der Waals surface area contributed by atoms with Crippen molar-refractivity contribution in [2.24, 2.45) is 0 Å². The Morgan fingerprint density at radius 3 is 2.45 bits per heavy atom. The van der Waals surface area contributed by atoms with Gasteiger partial charge in [0.05, 0.1) is 17.5 Å². The molecule has 1 fully saturated rings. The summed E-state index contributed by atoms with van der Waals surface area (Å²) in [6, 6.07) is 14.2. The molecule has 0 aliphatic carbocycles. The number of aryl methyl sites for hydroxylation is 1. The van der Waals surface area contributed by atoms with E-state index in [9.17, 15) is 17.2 Å². The van der Waals surface area contributed by atoms with E-state index < -0.39 is 21.7 Å². The van der Waals surface area contributed by atoms with E-state index in [-0.39, 0.29) is 17.8 Å². The number of nitrogens with zero attached hydrogens (tertiary/aromatic N) is 3. The van der Waals surface area contributed by atoms with Crippen LogP contribution in [-0.4, -0.2) is 43.0 Å². The average Bonchev–Trinajstić information content (AvgIpc) is 3.15. The largest absolute Gasteiger partial charge is 0.350 e. The number of hydrogen-bond donors (Lipinski definition) is 1. The highest BCUT2D eigenvalue weighted by molar-refractivity contribution is 7.89. The molecule has 0 radical (unpaired) electrons. The van der Waals surface area contributed by atoms with E-state index in [1.165, 1.54) is 12.1 Å². The molecule has 2 heterocycles. The van der Waals surface area contributed by atoms with Crippen LogP contribution in [0.3, 0.4) is 0 Å². The first kappa shape index (κ1) is 23.3. The van der Waals surface area contributed by atoms with Crippen molar-refractivity contribution < 1.29 is 17.2 Å². The topological polar surface area (TPSA) is 75.2 Å². The van der Waals surface area contributed by atoms with Crippen molar-refractivity contribution in [3.8, 4) is 11.1 Å². The Morgan fingerprint density at radius 2 is 1.79 bits per heavy atom. The second-order valence-corrected chi connectivity index (χ2v) is 10.3. The maximum absolute atomic E-state index is 13.7. The highest BCUT2D eigenvalue weighted by Crippen LogP contribution is 2.29. The number of benzene rings is 2. The molecule has 174 valence electrons. The van der Waals surface area contributed by atoms with Crippen molar-refractivity contribution in [2.75, 3.05) is 17.2 Å². The second kappa shape index (κ2) is 9.52. The standard InChI is InChI=1S/C24H26F2N4O2S/c1-3-33(31,32)29-22-9-10-30(24-8-7-16(2)27-28-24)23(22)12-17-5-4-6-18(11-17)19-13-20(25)15-21(26)14-19/h4-8,11,13-15,22-23,29H,3,9-10,12H2,1-2H3/t22-,23-/m0/s1. The molecule has 0 saturated carbocycles. The monoisotopic (exact) mass is 472 g/mol. The molecule has 1 aromatic heterocycles. The van der Waals surface area contributed by atoms with Crippen LogP contribution in [0.4, 0.5) is 14.6 Å². The van der Waals surface area contributed by atoms with E-state index in [1.807, 2.05) is 37.3 Å². The lowest BCUT2D eigenvalue weighted by molar-refractivity contribution is 0.511. The van der Waals surface area contributed by atoms with Crippen molar-refractivity contribution in [1.29, 1.82) is 0 Å². The molecule has 0 amide bonds. The van der Waals surface area contributed by atoms with Gasteiger partial charge in [0.25, 0.3) is 0 Å². The van der Waals surface area contributed by atoms with Gasteiger partial charge in [0.2, 0.25) is 10.0 Å². The number of hydrogen-bond acceptors (Lipinski definition) is 5. The third kappa shape index (κ3) is 5.54. The number of rotatable bonds is 7. The number of sulfonamides is 1. The van der Waals surface area contributed by atoms with Crippen LogP contribution in [0.15, 0.2) is 54.6 Å². The fourth-order valence-corrected chi connectivity index (χ4v) is 5.13. The van der Waals surface area contributed by atoms with E-state index in [4.69, 9.17) is 0 Å². The fourth-order valence-electron chi connectivity index (χ4n) is 4.23. The van der Waals surface area contributed by atoms with Crippen LogP contribution in [0, 0.1) is 18.6 Å². The van der Waals surface area contributed by atoms with Gasteiger partial charge in [-0.2, -0.15) is 5.10 Å². The van der Waals surface area contributed by atoms with Gasteiger partial charge in [0.1, 0.15) is 11.6 Å². The lowest BCUT2D eigenvalue weighted by atomic mass is 9.97. The van der Waals surface area contributed by atoms with Gasteiger partial charge in [-0.3, -0.25) is 0 Å². The van der Waals surface area contributed by atoms with Gasteiger partial charge in [-0.15, -0.1) is 5.10 Å². The van der Waals surface area contributed by atoms with Crippen molar-refractivity contribution in [3.63, 3.8) is 0 Å². The summed E-state index contributed by atoms with van der Waals surface area (Å²) in [5.74, 6) is -0.581. The zero-order chi connectivity index (χ0) is 23.6. The molecular weight excluding hydrogens is 446 g/mol. The summed E-state index contributed by atoms with van der Waals surface area (Å²) < 4.78 is 54.9. The summed E-state index contributed by atoms with van der Waals surface area (Å²) in [7, 11) is -3.40. The molecule has 0 unspecified atom stereocenters. The maximum Gasteiger partial charge on any atom is 0.211 e. The van der Waals surface area contributed by atoms with Crippen molar-refractivity contribution in [1.82, 2.24) is 14.9 Å². The van der Waals surface area contributed by atoms with E-state index in [2.05, 4.69) is 19.8 Å². The summed E-state index contributed by atoms with van der Waals surface area (Å²) in [6.45, 7) is 4.10. The maximum atomic E-state index is 13.7. The Balaban J connectivity index is 1.65. The Labute approximate surface area is 192 Å². The highest BCUT2D eigenvalue weighted by Gasteiger charge is 2.37. The molecular formula is C24H26F2N4O2S. The van der Waals surface area contributed by atoms with Crippen LogP contribution in [0.25, 0.3) is 11.1 Å². The average molecular weight is 473 g/mol. The number of halogens is 2. The van der Waals surface area contributed by atoms with Gasteiger partial charge in [-0.05, 0) is 67.6 Å². The minimum Gasteiger partial charge on any atom is -0.350 e. The van der Waals surface area contributed by atoms with Gasteiger partial charge in [-0.25, -0.2) is 21.9 Å². The summed E-state index contributed by atoms with van der Waals surface area (Å²) in [5, 5.41) is 8.45. The smallest absolute Gasteiger partial charge is 0.211 e. The molecule has 0 bridgehead atoms. The van der Waals surface area contributed by atoms with Gasteiger partial charge in [0.15, 0.2) is 5.82 Å². The lowest BCUT2D eigenvalue weighted by Crippen LogP contribution is -2.46. The molecule has 33 heavy (non-hydrogen) atoms. The molecule has 3 aromatic rings. The van der Waals surface area contributed by atoms with Crippen LogP contribution < -0.4 is 9.62 Å². The summed E-state index contributed by atoms with van der Waals surface area (Å²) >= 11 is 0. The first-order chi connectivity index (χ1) is 15.7. The lowest BCUT2D eigenvalue weighted by Gasteiger charge is -2.29. The molecule has 1 saturated heterocycles. The predicted octanol–water partition coefficient (Wildman–Crippen LogP) is 3.86. The van der Waals surface area contributed by atoms with Crippen molar-refractivity contribution in [3.05, 3.63) is 77.5 Å². The number of aromatic nitrogens is 2. The summed E-state index contributed by atoms with van der Waals surface area (Å²) in [4.78, 5) is 2.07. The van der Waals surface area contributed by atoms with Crippen molar-refractivity contribution >= 4 is 15.8 Å². The predicted molar refractivity (Wildman–Crippen MR) is 124 cm³/mol. The Kier molecular flexibility index (Phi) is 6.71. The molecule has 1 aliphatic rings. The van der Waals surface area contributed by atoms with Crippen LogP contribution in [0.1, 0.15) is 24.6 Å².